The Morgan fingerprint density at radius 1 is 0.885 bits per heavy atom. The van der Waals surface area contributed by atoms with Crippen LogP contribution in [0, 0.1) is 0 Å². The van der Waals surface area contributed by atoms with Gasteiger partial charge in [-0.2, -0.15) is 0 Å². The van der Waals surface area contributed by atoms with E-state index in [9.17, 15) is 9.59 Å². The molecule has 1 aromatic heterocycles. The van der Waals surface area contributed by atoms with Crippen LogP contribution in [0.1, 0.15) is 27.6 Å². The Labute approximate surface area is 155 Å². The Hall–Kier alpha value is -3.25. The molecule has 3 rings (SSSR count). The van der Waals surface area contributed by atoms with E-state index >= 15 is 0 Å². The first kappa shape index (κ1) is 17.6. The smallest absolute Gasteiger partial charge is 0.256 e. The maximum Gasteiger partial charge on any atom is 0.256 e. The van der Waals surface area contributed by atoms with Crippen LogP contribution in [-0.2, 0) is 0 Å². The van der Waals surface area contributed by atoms with E-state index in [1.807, 2.05) is 0 Å². The van der Waals surface area contributed by atoms with E-state index in [2.05, 4.69) is 20.8 Å². The summed E-state index contributed by atoms with van der Waals surface area (Å²) in [6.07, 6.45) is 0. The summed E-state index contributed by atoms with van der Waals surface area (Å²) >= 11 is 5.88. The predicted molar refractivity (Wildman–Crippen MR) is 101 cm³/mol. The SMILES string of the molecule is CC(=O)c1ccc(Nc2ccc(NC(=O)c3cccc(Cl)c3)nn2)cc1. The molecule has 3 aromatic rings. The molecule has 2 aromatic carbocycles. The molecule has 0 fully saturated rings. The van der Waals surface area contributed by atoms with Gasteiger partial charge in [0, 0.05) is 21.8 Å². The Kier molecular flexibility index (Phi) is 5.24. The van der Waals surface area contributed by atoms with Crippen molar-refractivity contribution in [1.29, 1.82) is 0 Å². The zero-order valence-electron chi connectivity index (χ0n) is 13.9. The molecular formula is C19H15ClN4O2. The van der Waals surface area contributed by atoms with E-state index in [1.54, 1.807) is 60.7 Å². The largest absolute Gasteiger partial charge is 0.339 e. The van der Waals surface area contributed by atoms with Gasteiger partial charge in [-0.1, -0.05) is 17.7 Å². The average molecular weight is 367 g/mol. The molecule has 130 valence electrons. The van der Waals surface area contributed by atoms with E-state index < -0.39 is 0 Å². The first-order valence-electron chi connectivity index (χ1n) is 7.80. The van der Waals surface area contributed by atoms with Crippen molar-refractivity contribution >= 4 is 40.6 Å². The number of rotatable bonds is 5. The van der Waals surface area contributed by atoms with E-state index in [4.69, 9.17) is 11.6 Å². The van der Waals surface area contributed by atoms with E-state index in [0.29, 0.717) is 27.8 Å². The molecule has 1 heterocycles. The molecule has 0 bridgehead atoms. The van der Waals surface area contributed by atoms with Crippen molar-refractivity contribution in [3.63, 3.8) is 0 Å². The lowest BCUT2D eigenvalue weighted by molar-refractivity contribution is 0.101. The summed E-state index contributed by atoms with van der Waals surface area (Å²) in [5.74, 6) is 0.534. The van der Waals surface area contributed by atoms with Crippen LogP contribution in [0.25, 0.3) is 0 Å². The second kappa shape index (κ2) is 7.76. The zero-order valence-corrected chi connectivity index (χ0v) is 14.6. The highest BCUT2D eigenvalue weighted by atomic mass is 35.5. The fourth-order valence-corrected chi connectivity index (χ4v) is 2.41. The number of nitrogens with zero attached hydrogens (tertiary/aromatic N) is 2. The van der Waals surface area contributed by atoms with Gasteiger partial charge in [0.25, 0.3) is 5.91 Å². The molecule has 0 saturated carbocycles. The number of carbonyl (C=O) groups excluding carboxylic acids is 2. The van der Waals surface area contributed by atoms with Crippen LogP contribution in [0.2, 0.25) is 5.02 Å². The molecule has 6 nitrogen and oxygen atoms in total. The minimum atomic E-state index is -0.317. The molecule has 0 unspecified atom stereocenters. The summed E-state index contributed by atoms with van der Waals surface area (Å²) in [7, 11) is 0. The van der Waals surface area contributed by atoms with Gasteiger partial charge >= 0.3 is 0 Å². The Balaban J connectivity index is 1.64. The molecule has 0 atom stereocenters. The summed E-state index contributed by atoms with van der Waals surface area (Å²) < 4.78 is 0. The number of aromatic nitrogens is 2. The van der Waals surface area contributed by atoms with Crippen LogP contribution < -0.4 is 10.6 Å². The average Bonchev–Trinajstić information content (AvgIpc) is 2.64. The van der Waals surface area contributed by atoms with Gasteiger partial charge in [0.15, 0.2) is 17.4 Å². The number of Topliss-reactive ketones (excluding diaryl/α,β-unsaturated/α-hetero) is 1. The highest BCUT2D eigenvalue weighted by Crippen LogP contribution is 2.17. The summed E-state index contributed by atoms with van der Waals surface area (Å²) in [5, 5.41) is 14.2. The Morgan fingerprint density at radius 3 is 2.19 bits per heavy atom. The van der Waals surface area contributed by atoms with E-state index in [-0.39, 0.29) is 11.7 Å². The number of carbonyl (C=O) groups is 2. The lowest BCUT2D eigenvalue weighted by Gasteiger charge is -2.07. The van der Waals surface area contributed by atoms with Gasteiger partial charge in [-0.25, -0.2) is 0 Å². The zero-order chi connectivity index (χ0) is 18.5. The molecular weight excluding hydrogens is 352 g/mol. The van der Waals surface area contributed by atoms with Gasteiger partial charge in [-0.3, -0.25) is 9.59 Å². The number of hydrogen-bond acceptors (Lipinski definition) is 5. The monoisotopic (exact) mass is 366 g/mol. The number of anilines is 3. The maximum absolute atomic E-state index is 12.1. The standard InChI is InChI=1S/C19H15ClN4O2/c1-12(25)13-5-7-16(8-6-13)21-17-9-10-18(24-23-17)22-19(26)14-3-2-4-15(20)11-14/h2-11H,1H3,(H,21,23)(H,22,24,26). The van der Waals surface area contributed by atoms with Crippen molar-refractivity contribution in [2.45, 2.75) is 6.92 Å². The third-order valence-corrected chi connectivity index (χ3v) is 3.79. The van der Waals surface area contributed by atoms with Gasteiger partial charge in [0.1, 0.15) is 0 Å². The van der Waals surface area contributed by atoms with Gasteiger partial charge in [0.2, 0.25) is 0 Å². The fourth-order valence-electron chi connectivity index (χ4n) is 2.22. The molecule has 2 N–H and O–H groups in total. The van der Waals surface area contributed by atoms with Gasteiger partial charge in [-0.15, -0.1) is 10.2 Å². The molecule has 0 aliphatic heterocycles. The highest BCUT2D eigenvalue weighted by Gasteiger charge is 2.08. The van der Waals surface area contributed by atoms with Crippen molar-refractivity contribution in [2.75, 3.05) is 10.6 Å². The summed E-state index contributed by atoms with van der Waals surface area (Å²) in [6, 6.07) is 17.0. The molecule has 26 heavy (non-hydrogen) atoms. The van der Waals surface area contributed by atoms with Crippen LogP contribution in [0.3, 0.4) is 0 Å². The molecule has 7 heteroatoms. The second-order valence-corrected chi connectivity index (χ2v) is 5.96. The van der Waals surface area contributed by atoms with Crippen molar-refractivity contribution in [3.05, 3.63) is 76.8 Å². The number of halogens is 1. The van der Waals surface area contributed by atoms with Crippen LogP contribution in [0.5, 0.6) is 0 Å². The molecule has 0 spiro atoms. The molecule has 1 amide bonds. The molecule has 0 radical (unpaired) electrons. The maximum atomic E-state index is 12.1. The van der Waals surface area contributed by atoms with Crippen LogP contribution in [-0.4, -0.2) is 21.9 Å². The third kappa shape index (κ3) is 4.43. The fraction of sp³-hybridized carbons (Fsp3) is 0.0526. The number of benzene rings is 2. The lowest BCUT2D eigenvalue weighted by Crippen LogP contribution is -2.13. The highest BCUT2D eigenvalue weighted by molar-refractivity contribution is 6.31. The normalized spacial score (nSPS) is 10.2. The Bertz CT molecular complexity index is 941. The topological polar surface area (TPSA) is 84.0 Å². The van der Waals surface area contributed by atoms with Crippen molar-refractivity contribution in [3.8, 4) is 0 Å². The molecule has 0 aliphatic rings. The van der Waals surface area contributed by atoms with Gasteiger partial charge in [0.05, 0.1) is 0 Å². The number of nitrogens with one attached hydrogen (secondary N) is 2. The minimum Gasteiger partial charge on any atom is -0.339 e. The molecule has 0 saturated heterocycles. The number of amides is 1. The van der Waals surface area contributed by atoms with Crippen LogP contribution in [0.15, 0.2) is 60.7 Å². The quantitative estimate of drug-likeness (QED) is 0.656. The first-order valence-corrected chi connectivity index (χ1v) is 8.18. The first-order chi connectivity index (χ1) is 12.5. The number of hydrogen-bond donors (Lipinski definition) is 2. The van der Waals surface area contributed by atoms with Crippen molar-refractivity contribution in [1.82, 2.24) is 10.2 Å². The van der Waals surface area contributed by atoms with Crippen molar-refractivity contribution in [2.24, 2.45) is 0 Å². The predicted octanol–water partition coefficient (Wildman–Crippen LogP) is 4.33. The Morgan fingerprint density at radius 2 is 1.58 bits per heavy atom. The van der Waals surface area contributed by atoms with Gasteiger partial charge in [-0.05, 0) is 61.5 Å². The summed E-state index contributed by atoms with van der Waals surface area (Å²) in [4.78, 5) is 23.4. The van der Waals surface area contributed by atoms with E-state index in [0.717, 1.165) is 5.69 Å². The van der Waals surface area contributed by atoms with E-state index in [1.165, 1.54) is 6.92 Å². The second-order valence-electron chi connectivity index (χ2n) is 5.53. The summed E-state index contributed by atoms with van der Waals surface area (Å²) in [6.45, 7) is 1.52. The van der Waals surface area contributed by atoms with Gasteiger partial charge < -0.3 is 10.6 Å². The third-order valence-electron chi connectivity index (χ3n) is 3.56. The van der Waals surface area contributed by atoms with Crippen LogP contribution in [0.4, 0.5) is 17.3 Å². The van der Waals surface area contributed by atoms with Crippen molar-refractivity contribution < 1.29 is 9.59 Å². The van der Waals surface area contributed by atoms with Crippen LogP contribution >= 0.6 is 11.6 Å². The molecule has 0 aliphatic carbocycles. The lowest BCUT2D eigenvalue weighted by atomic mass is 10.1. The summed E-state index contributed by atoms with van der Waals surface area (Å²) in [5.41, 5.74) is 1.85. The number of ketones is 1. The minimum absolute atomic E-state index is 0.0103.